The summed E-state index contributed by atoms with van der Waals surface area (Å²) in [7, 11) is 0. The molecule has 0 aliphatic carbocycles. The Morgan fingerprint density at radius 1 is 1.33 bits per heavy atom. The van der Waals surface area contributed by atoms with Gasteiger partial charge in [-0.15, -0.1) is 0 Å². The van der Waals surface area contributed by atoms with E-state index in [4.69, 9.17) is 4.79 Å². The Morgan fingerprint density at radius 3 is 2.07 bits per heavy atom. The summed E-state index contributed by atoms with van der Waals surface area (Å²) in [4.78, 5) is 19.6. The molecule has 1 aliphatic heterocycles. The van der Waals surface area contributed by atoms with Gasteiger partial charge in [0.05, 0.1) is 0 Å². The lowest BCUT2D eigenvalue weighted by atomic mass is 10.0. The highest BCUT2D eigenvalue weighted by molar-refractivity contribution is 7.96. The first-order valence-electron chi connectivity index (χ1n) is 4.64. The van der Waals surface area contributed by atoms with Gasteiger partial charge in [-0.25, -0.2) is 5.01 Å². The highest BCUT2D eigenvalue weighted by Crippen LogP contribution is 2.13. The molecule has 0 atom stereocenters. The number of piperidine rings is 1. The zero-order valence-electron chi connectivity index (χ0n) is 8.64. The zero-order valence-corrected chi connectivity index (χ0v) is 10.4. The number of carbonyl (C=O) groups excluding carboxylic acids is 2. The summed E-state index contributed by atoms with van der Waals surface area (Å²) in [6.45, 7) is 4.14. The average Bonchev–Trinajstić information content (AvgIpc) is 2.07. The quantitative estimate of drug-likeness (QED) is 0.530. The van der Waals surface area contributed by atoms with Crippen molar-refractivity contribution in [3.8, 4) is 0 Å². The van der Waals surface area contributed by atoms with Crippen molar-refractivity contribution < 1.29 is 9.59 Å². The van der Waals surface area contributed by atoms with Crippen molar-refractivity contribution in [3.05, 3.63) is 0 Å². The minimum absolute atomic E-state index is 0.264. The lowest BCUT2D eigenvalue weighted by Gasteiger charge is -2.29. The normalized spacial score (nSPS) is 17.5. The minimum Gasteiger partial charge on any atom is -0.361 e. The number of nitrogens with zero attached hydrogens (tertiary/aromatic N) is 1. The predicted molar refractivity (Wildman–Crippen MR) is 66.1 cm³/mol. The van der Waals surface area contributed by atoms with E-state index < -0.39 is 5.24 Å². The van der Waals surface area contributed by atoms with Gasteiger partial charge in [0.1, 0.15) is 0 Å². The van der Waals surface area contributed by atoms with Crippen LogP contribution in [0, 0.1) is 5.92 Å². The maximum atomic E-state index is 10.5. The maximum Gasteiger partial charge on any atom is 0.290 e. The van der Waals surface area contributed by atoms with Gasteiger partial charge in [0.15, 0.2) is 0 Å². The summed E-state index contributed by atoms with van der Waals surface area (Å²) in [6, 6.07) is 0. The average molecular weight is 251 g/mol. The number of hydrazine groups is 1. The second-order valence-electron chi connectivity index (χ2n) is 3.42. The van der Waals surface area contributed by atoms with E-state index in [1.165, 1.54) is 0 Å². The molecule has 0 radical (unpaired) electrons. The van der Waals surface area contributed by atoms with Gasteiger partial charge >= 0.3 is 0 Å². The maximum absolute atomic E-state index is 10.5. The first kappa shape index (κ1) is 14.6. The molecule has 5 nitrogen and oxygen atoms in total. The van der Waals surface area contributed by atoms with Crippen molar-refractivity contribution in [2.24, 2.45) is 11.7 Å². The van der Waals surface area contributed by atoms with E-state index in [0.29, 0.717) is 0 Å². The number of hydrogen-bond acceptors (Lipinski definition) is 3. The fourth-order valence-corrected chi connectivity index (χ4v) is 1.40. The van der Waals surface area contributed by atoms with E-state index in [0.717, 1.165) is 31.8 Å². The second kappa shape index (κ2) is 7.84. The van der Waals surface area contributed by atoms with Crippen LogP contribution in [0.3, 0.4) is 0 Å². The molecule has 0 unspecified atom stereocenters. The van der Waals surface area contributed by atoms with Crippen molar-refractivity contribution in [2.45, 2.75) is 19.8 Å². The molecular weight excluding hydrogens is 234 g/mol. The van der Waals surface area contributed by atoms with E-state index in [9.17, 15) is 4.79 Å². The standard InChI is InChI=1S/C7H14N2OS.CH3NOS/c1-6-2-4-9(5-3-6)8-7(10)11;2-1(3)4/h6H,2-5H2,1H3,(H2,8,10,11);(H3,2,3,4). The van der Waals surface area contributed by atoms with Crippen LogP contribution in [0.2, 0.25) is 0 Å². The Kier molecular flexibility index (Phi) is 7.63. The Labute approximate surface area is 101 Å². The van der Waals surface area contributed by atoms with E-state index in [1.54, 1.807) is 0 Å². The molecule has 2 amide bonds. The van der Waals surface area contributed by atoms with Crippen LogP contribution in [0.1, 0.15) is 19.8 Å². The minimum atomic E-state index is -0.639. The summed E-state index contributed by atoms with van der Waals surface area (Å²) >= 11 is 6.74. The predicted octanol–water partition coefficient (Wildman–Crippen LogP) is 1.27. The van der Waals surface area contributed by atoms with Gasteiger partial charge in [0.2, 0.25) is 0 Å². The van der Waals surface area contributed by atoms with Crippen LogP contribution >= 0.6 is 25.3 Å². The molecule has 0 saturated carbocycles. The molecule has 88 valence electrons. The van der Waals surface area contributed by atoms with Crippen LogP contribution in [0.4, 0.5) is 9.59 Å². The molecule has 3 N–H and O–H groups in total. The number of amides is 2. The Bertz CT molecular complexity index is 214. The van der Waals surface area contributed by atoms with Crippen molar-refractivity contribution in [1.29, 1.82) is 0 Å². The number of nitrogens with one attached hydrogen (secondary N) is 1. The van der Waals surface area contributed by atoms with Crippen LogP contribution < -0.4 is 11.2 Å². The molecule has 15 heavy (non-hydrogen) atoms. The molecule has 1 fully saturated rings. The van der Waals surface area contributed by atoms with Crippen LogP contribution in [0.5, 0.6) is 0 Å². The molecule has 1 aliphatic rings. The van der Waals surface area contributed by atoms with Gasteiger partial charge in [-0.3, -0.25) is 15.0 Å². The third-order valence-corrected chi connectivity index (χ3v) is 2.14. The number of nitrogens with two attached hydrogens (primary N) is 1. The van der Waals surface area contributed by atoms with Crippen molar-refractivity contribution in [3.63, 3.8) is 0 Å². The van der Waals surface area contributed by atoms with Gasteiger partial charge < -0.3 is 5.73 Å². The van der Waals surface area contributed by atoms with Gasteiger partial charge in [0.25, 0.3) is 10.5 Å². The van der Waals surface area contributed by atoms with E-state index >= 15 is 0 Å². The SMILES string of the molecule is CC1CCN(NC(=O)S)CC1.NC(=O)S. The Morgan fingerprint density at radius 2 is 1.73 bits per heavy atom. The van der Waals surface area contributed by atoms with Crippen LogP contribution in [-0.4, -0.2) is 28.6 Å². The summed E-state index contributed by atoms with van der Waals surface area (Å²) in [5, 5.41) is 1.02. The lowest BCUT2D eigenvalue weighted by molar-refractivity contribution is 0.145. The first-order chi connectivity index (χ1) is 6.91. The first-order valence-corrected chi connectivity index (χ1v) is 5.54. The monoisotopic (exact) mass is 251 g/mol. The molecule has 1 heterocycles. The fraction of sp³-hybridized carbons (Fsp3) is 0.750. The molecule has 7 heteroatoms. The fourth-order valence-electron chi connectivity index (χ4n) is 1.26. The molecule has 0 aromatic heterocycles. The number of primary amides is 1. The van der Waals surface area contributed by atoms with Crippen molar-refractivity contribution in [1.82, 2.24) is 10.4 Å². The summed E-state index contributed by atoms with van der Waals surface area (Å²) in [6.07, 6.45) is 2.32. The van der Waals surface area contributed by atoms with E-state index in [1.807, 2.05) is 5.01 Å². The van der Waals surface area contributed by atoms with Crippen molar-refractivity contribution in [2.75, 3.05) is 13.1 Å². The topological polar surface area (TPSA) is 75.4 Å². The van der Waals surface area contributed by atoms with Gasteiger partial charge in [0, 0.05) is 13.1 Å². The highest BCUT2D eigenvalue weighted by Gasteiger charge is 2.15. The third-order valence-electron chi connectivity index (χ3n) is 2.04. The molecule has 1 saturated heterocycles. The Hall–Kier alpha value is -0.400. The Balaban J connectivity index is 0.000000423. The van der Waals surface area contributed by atoms with E-state index in [2.05, 4.69) is 43.3 Å². The molecular formula is C8H17N3O2S2. The molecule has 0 spiro atoms. The second-order valence-corrected chi connectivity index (χ2v) is 4.27. The molecule has 0 aromatic carbocycles. The number of carbonyl (C=O) groups is 2. The van der Waals surface area contributed by atoms with Crippen molar-refractivity contribution >= 4 is 35.7 Å². The summed E-state index contributed by atoms with van der Waals surface area (Å²) in [5.41, 5.74) is 7.00. The third kappa shape index (κ3) is 9.89. The largest absolute Gasteiger partial charge is 0.361 e. The van der Waals surface area contributed by atoms with Crippen LogP contribution in [-0.2, 0) is 0 Å². The van der Waals surface area contributed by atoms with Gasteiger partial charge in [-0.05, 0) is 18.8 Å². The smallest absolute Gasteiger partial charge is 0.290 e. The lowest BCUT2D eigenvalue weighted by Crippen LogP contribution is -2.44. The number of thiol groups is 2. The van der Waals surface area contributed by atoms with Gasteiger partial charge in [-0.2, -0.15) is 0 Å². The molecule has 0 aromatic rings. The zero-order chi connectivity index (χ0) is 11.8. The summed E-state index contributed by atoms with van der Waals surface area (Å²) < 4.78 is 0. The highest BCUT2D eigenvalue weighted by atomic mass is 32.1. The van der Waals surface area contributed by atoms with E-state index in [-0.39, 0.29) is 5.24 Å². The molecule has 1 rings (SSSR count). The van der Waals surface area contributed by atoms with Crippen LogP contribution in [0.15, 0.2) is 0 Å². The molecule has 0 bridgehead atoms. The number of rotatable bonds is 1. The van der Waals surface area contributed by atoms with Crippen LogP contribution in [0.25, 0.3) is 0 Å². The van der Waals surface area contributed by atoms with Gasteiger partial charge in [-0.1, -0.05) is 32.2 Å². The summed E-state index contributed by atoms with van der Waals surface area (Å²) in [5.74, 6) is 0.795. The number of hydrogen-bond donors (Lipinski definition) is 4.